The van der Waals surface area contributed by atoms with Crippen molar-refractivity contribution in [3.8, 4) is 0 Å². The fourth-order valence-corrected chi connectivity index (χ4v) is 2.16. The molecule has 0 amide bonds. The standard InChI is InChI=1S/C9H11BrN2/c10-9-5-7(11)6-3-1-2-4-8(6)12-9/h5H,1-4H2,(H2,11,12). The summed E-state index contributed by atoms with van der Waals surface area (Å²) in [5, 5.41) is 0. The van der Waals surface area contributed by atoms with Gasteiger partial charge >= 0.3 is 0 Å². The Morgan fingerprint density at radius 1 is 1.33 bits per heavy atom. The lowest BCUT2D eigenvalue weighted by atomic mass is 9.95. The molecule has 1 heterocycles. The molecule has 2 rings (SSSR count). The summed E-state index contributed by atoms with van der Waals surface area (Å²) < 4.78 is 0.862. The third-order valence-electron chi connectivity index (χ3n) is 2.30. The summed E-state index contributed by atoms with van der Waals surface area (Å²) in [6, 6.07) is 1.89. The molecule has 0 aliphatic heterocycles. The van der Waals surface area contributed by atoms with Crippen molar-refractivity contribution in [3.05, 3.63) is 21.9 Å². The molecule has 2 N–H and O–H groups in total. The van der Waals surface area contributed by atoms with Gasteiger partial charge in [0.05, 0.1) is 0 Å². The Hall–Kier alpha value is -0.570. The van der Waals surface area contributed by atoms with Crippen LogP contribution in [0.5, 0.6) is 0 Å². The summed E-state index contributed by atoms with van der Waals surface area (Å²) in [5.41, 5.74) is 9.22. The average molecular weight is 227 g/mol. The van der Waals surface area contributed by atoms with Gasteiger partial charge in [0.2, 0.25) is 0 Å². The minimum absolute atomic E-state index is 0.862. The van der Waals surface area contributed by atoms with Gasteiger partial charge in [-0.1, -0.05) is 0 Å². The van der Waals surface area contributed by atoms with Crippen molar-refractivity contribution in [1.29, 1.82) is 0 Å². The summed E-state index contributed by atoms with van der Waals surface area (Å²) in [6.07, 6.45) is 4.68. The molecule has 0 bridgehead atoms. The van der Waals surface area contributed by atoms with E-state index in [-0.39, 0.29) is 0 Å². The molecule has 1 aliphatic rings. The second-order valence-corrected chi connectivity index (χ2v) is 3.98. The molecular formula is C9H11BrN2. The number of aromatic nitrogens is 1. The normalized spacial score (nSPS) is 15.8. The van der Waals surface area contributed by atoms with Crippen LogP contribution in [-0.2, 0) is 12.8 Å². The topological polar surface area (TPSA) is 38.9 Å². The number of rotatable bonds is 0. The average Bonchev–Trinajstić information content (AvgIpc) is 2.04. The first-order valence-corrected chi connectivity index (χ1v) is 5.00. The molecule has 0 spiro atoms. The van der Waals surface area contributed by atoms with E-state index in [1.807, 2.05) is 6.07 Å². The minimum atomic E-state index is 0.862. The second kappa shape index (κ2) is 3.05. The van der Waals surface area contributed by atoms with E-state index in [9.17, 15) is 0 Å². The zero-order valence-electron chi connectivity index (χ0n) is 6.81. The van der Waals surface area contributed by atoms with Crippen molar-refractivity contribution in [3.63, 3.8) is 0 Å². The number of hydrogen-bond donors (Lipinski definition) is 1. The third kappa shape index (κ3) is 1.33. The van der Waals surface area contributed by atoms with E-state index in [0.717, 1.165) is 23.1 Å². The van der Waals surface area contributed by atoms with E-state index < -0.39 is 0 Å². The van der Waals surface area contributed by atoms with Gasteiger partial charge in [0.25, 0.3) is 0 Å². The van der Waals surface area contributed by atoms with Crippen molar-refractivity contribution >= 4 is 21.6 Å². The highest BCUT2D eigenvalue weighted by molar-refractivity contribution is 9.10. The number of fused-ring (bicyclic) bond motifs is 1. The first-order valence-electron chi connectivity index (χ1n) is 4.21. The molecular weight excluding hydrogens is 216 g/mol. The Morgan fingerprint density at radius 2 is 2.08 bits per heavy atom. The Bertz CT molecular complexity index is 310. The number of pyridine rings is 1. The zero-order chi connectivity index (χ0) is 8.55. The monoisotopic (exact) mass is 226 g/mol. The van der Waals surface area contributed by atoms with Crippen LogP contribution in [-0.4, -0.2) is 4.98 Å². The summed E-state index contributed by atoms with van der Waals surface area (Å²) in [4.78, 5) is 4.41. The fourth-order valence-electron chi connectivity index (χ4n) is 1.70. The van der Waals surface area contributed by atoms with Crippen LogP contribution in [0.4, 0.5) is 5.69 Å². The molecule has 0 saturated heterocycles. The minimum Gasteiger partial charge on any atom is -0.398 e. The van der Waals surface area contributed by atoms with Crippen LogP contribution >= 0.6 is 15.9 Å². The van der Waals surface area contributed by atoms with Gasteiger partial charge in [-0.05, 0) is 53.2 Å². The highest BCUT2D eigenvalue weighted by Crippen LogP contribution is 2.26. The Balaban J connectivity index is 2.53. The summed E-state index contributed by atoms with van der Waals surface area (Å²) >= 11 is 3.35. The molecule has 2 nitrogen and oxygen atoms in total. The van der Waals surface area contributed by atoms with Crippen LogP contribution in [0.25, 0.3) is 0 Å². The van der Waals surface area contributed by atoms with Gasteiger partial charge in [-0.25, -0.2) is 4.98 Å². The first kappa shape index (κ1) is 8.05. The van der Waals surface area contributed by atoms with E-state index in [4.69, 9.17) is 5.73 Å². The van der Waals surface area contributed by atoms with Crippen LogP contribution in [0.2, 0.25) is 0 Å². The van der Waals surface area contributed by atoms with Gasteiger partial charge < -0.3 is 5.73 Å². The summed E-state index contributed by atoms with van der Waals surface area (Å²) in [5.74, 6) is 0. The molecule has 64 valence electrons. The van der Waals surface area contributed by atoms with E-state index in [1.54, 1.807) is 0 Å². The molecule has 1 aromatic rings. The van der Waals surface area contributed by atoms with Gasteiger partial charge in [0, 0.05) is 11.4 Å². The third-order valence-corrected chi connectivity index (χ3v) is 2.71. The Morgan fingerprint density at radius 3 is 2.92 bits per heavy atom. The van der Waals surface area contributed by atoms with Crippen LogP contribution in [0, 0.1) is 0 Å². The number of nitrogens with two attached hydrogens (primary N) is 1. The second-order valence-electron chi connectivity index (χ2n) is 3.17. The van der Waals surface area contributed by atoms with E-state index in [2.05, 4.69) is 20.9 Å². The Kier molecular flexibility index (Phi) is 2.05. The van der Waals surface area contributed by atoms with Gasteiger partial charge in [-0.15, -0.1) is 0 Å². The van der Waals surface area contributed by atoms with Gasteiger partial charge in [-0.2, -0.15) is 0 Å². The molecule has 0 fully saturated rings. The quantitative estimate of drug-likeness (QED) is 0.690. The number of hydrogen-bond acceptors (Lipinski definition) is 2. The van der Waals surface area contributed by atoms with Crippen molar-refractivity contribution < 1.29 is 0 Å². The predicted molar refractivity (Wildman–Crippen MR) is 53.0 cm³/mol. The predicted octanol–water partition coefficient (Wildman–Crippen LogP) is 2.31. The largest absolute Gasteiger partial charge is 0.398 e. The Labute approximate surface area is 80.3 Å². The smallest absolute Gasteiger partial charge is 0.108 e. The number of halogens is 1. The first-order chi connectivity index (χ1) is 5.77. The molecule has 1 aliphatic carbocycles. The SMILES string of the molecule is Nc1cc(Br)nc2c1CCCC2. The zero-order valence-corrected chi connectivity index (χ0v) is 8.39. The lowest BCUT2D eigenvalue weighted by Crippen LogP contribution is -2.08. The number of anilines is 1. The van der Waals surface area contributed by atoms with Crippen molar-refractivity contribution in [2.45, 2.75) is 25.7 Å². The molecule has 0 saturated carbocycles. The van der Waals surface area contributed by atoms with Crippen molar-refractivity contribution in [1.82, 2.24) is 4.98 Å². The molecule has 12 heavy (non-hydrogen) atoms. The number of nitrogens with zero attached hydrogens (tertiary/aromatic N) is 1. The molecule has 3 heteroatoms. The van der Waals surface area contributed by atoms with Crippen LogP contribution in [0.1, 0.15) is 24.1 Å². The molecule has 1 aromatic heterocycles. The molecule has 0 unspecified atom stereocenters. The maximum Gasteiger partial charge on any atom is 0.108 e. The molecule has 0 radical (unpaired) electrons. The van der Waals surface area contributed by atoms with Crippen LogP contribution in [0.15, 0.2) is 10.7 Å². The summed E-state index contributed by atoms with van der Waals surface area (Å²) in [6.45, 7) is 0. The van der Waals surface area contributed by atoms with Gasteiger partial charge in [0.1, 0.15) is 4.60 Å². The lowest BCUT2D eigenvalue weighted by Gasteiger charge is -2.16. The van der Waals surface area contributed by atoms with E-state index >= 15 is 0 Å². The molecule has 0 atom stereocenters. The maximum atomic E-state index is 5.87. The van der Waals surface area contributed by atoms with Gasteiger partial charge in [-0.3, -0.25) is 0 Å². The molecule has 0 aromatic carbocycles. The van der Waals surface area contributed by atoms with Crippen LogP contribution in [0.3, 0.4) is 0 Å². The van der Waals surface area contributed by atoms with Crippen LogP contribution < -0.4 is 5.73 Å². The highest BCUT2D eigenvalue weighted by Gasteiger charge is 2.13. The fraction of sp³-hybridized carbons (Fsp3) is 0.444. The van der Waals surface area contributed by atoms with Crippen molar-refractivity contribution in [2.24, 2.45) is 0 Å². The lowest BCUT2D eigenvalue weighted by molar-refractivity contribution is 0.668. The maximum absolute atomic E-state index is 5.87. The van der Waals surface area contributed by atoms with Gasteiger partial charge in [0.15, 0.2) is 0 Å². The van der Waals surface area contributed by atoms with E-state index in [0.29, 0.717) is 0 Å². The highest BCUT2D eigenvalue weighted by atomic mass is 79.9. The van der Waals surface area contributed by atoms with Crippen molar-refractivity contribution in [2.75, 3.05) is 5.73 Å². The summed E-state index contributed by atoms with van der Waals surface area (Å²) in [7, 11) is 0. The number of nitrogen functional groups attached to an aromatic ring is 1. The number of aryl methyl sites for hydroxylation is 1. The van der Waals surface area contributed by atoms with E-state index in [1.165, 1.54) is 24.1 Å².